The first-order valence-corrected chi connectivity index (χ1v) is 15.9. The van der Waals surface area contributed by atoms with Gasteiger partial charge in [0.05, 0.1) is 25.3 Å². The van der Waals surface area contributed by atoms with Gasteiger partial charge in [-0.05, 0) is 73.9 Å². The van der Waals surface area contributed by atoms with Crippen molar-refractivity contribution in [1.29, 1.82) is 0 Å². The average Bonchev–Trinajstić information content (AvgIpc) is 3.49. The minimum Gasteiger partial charge on any atom is -0.457 e. The number of piperidine rings is 1. The molecule has 45 heavy (non-hydrogen) atoms. The van der Waals surface area contributed by atoms with Gasteiger partial charge in [0.1, 0.15) is 17.3 Å². The Morgan fingerprint density at radius 1 is 1.00 bits per heavy atom. The highest BCUT2D eigenvalue weighted by atomic mass is 16.5. The lowest BCUT2D eigenvalue weighted by molar-refractivity contribution is -0.137. The van der Waals surface area contributed by atoms with Gasteiger partial charge in [-0.3, -0.25) is 14.4 Å². The number of hydrogen-bond donors (Lipinski definition) is 2. The van der Waals surface area contributed by atoms with Crippen LogP contribution in [0.3, 0.4) is 0 Å². The predicted octanol–water partition coefficient (Wildman–Crippen LogP) is 3.42. The summed E-state index contributed by atoms with van der Waals surface area (Å²) >= 11 is 0. The van der Waals surface area contributed by atoms with Crippen molar-refractivity contribution in [1.82, 2.24) is 20.3 Å². The van der Waals surface area contributed by atoms with Crippen molar-refractivity contribution >= 4 is 17.7 Å². The molecule has 0 radical (unpaired) electrons. The van der Waals surface area contributed by atoms with Gasteiger partial charge in [-0.2, -0.15) is 0 Å². The molecule has 7 rings (SSSR count). The van der Waals surface area contributed by atoms with Gasteiger partial charge in [0.15, 0.2) is 5.69 Å². The lowest BCUT2D eigenvalue weighted by Gasteiger charge is -2.39. The van der Waals surface area contributed by atoms with Crippen molar-refractivity contribution < 1.29 is 33.5 Å². The Labute approximate surface area is 262 Å². The fourth-order valence-corrected chi connectivity index (χ4v) is 6.31. The maximum atomic E-state index is 13.6. The normalized spacial score (nSPS) is 21.1. The number of aliphatic hydroxyl groups excluding tert-OH is 1. The number of rotatable bonds is 4. The maximum Gasteiger partial charge on any atom is 0.276 e. The van der Waals surface area contributed by atoms with Crippen LogP contribution in [-0.2, 0) is 40.2 Å². The molecule has 3 aromatic rings. The van der Waals surface area contributed by atoms with Gasteiger partial charge in [0.2, 0.25) is 11.8 Å². The van der Waals surface area contributed by atoms with Crippen LogP contribution < -0.4 is 10.1 Å². The van der Waals surface area contributed by atoms with E-state index in [9.17, 15) is 19.5 Å². The number of nitrogens with zero attached hydrogens (tertiary/aromatic N) is 3. The van der Waals surface area contributed by atoms with Crippen molar-refractivity contribution in [3.63, 3.8) is 0 Å². The van der Waals surface area contributed by atoms with E-state index in [2.05, 4.69) is 10.5 Å². The number of carbonyl (C=O) groups is 3. The number of amides is 3. The zero-order valence-electron chi connectivity index (χ0n) is 25.4. The Hall–Kier alpha value is -4.22. The number of aryl methyl sites for hydroxylation is 2. The van der Waals surface area contributed by atoms with Crippen LogP contribution in [0.4, 0.5) is 0 Å². The van der Waals surface area contributed by atoms with E-state index in [1.165, 1.54) is 4.90 Å². The number of nitrogens with one attached hydrogen (secondary N) is 1. The van der Waals surface area contributed by atoms with E-state index >= 15 is 0 Å². The quantitative estimate of drug-likeness (QED) is 0.456. The van der Waals surface area contributed by atoms with Crippen LogP contribution in [0.2, 0.25) is 0 Å². The summed E-state index contributed by atoms with van der Waals surface area (Å²) in [4.78, 5) is 43.5. The lowest BCUT2D eigenvalue weighted by Crippen LogP contribution is -2.58. The van der Waals surface area contributed by atoms with Crippen LogP contribution >= 0.6 is 0 Å². The summed E-state index contributed by atoms with van der Waals surface area (Å²) in [6, 6.07) is 14.8. The van der Waals surface area contributed by atoms with Crippen molar-refractivity contribution in [3.05, 3.63) is 76.7 Å². The summed E-state index contributed by atoms with van der Waals surface area (Å²) in [6.07, 6.45) is 4.80. The number of aliphatic hydroxyl groups is 1. The highest BCUT2D eigenvalue weighted by Crippen LogP contribution is 2.28. The van der Waals surface area contributed by atoms with Crippen LogP contribution in [0, 0.1) is 0 Å². The van der Waals surface area contributed by atoms with Crippen LogP contribution in [0.15, 0.2) is 53.1 Å². The van der Waals surface area contributed by atoms with Gasteiger partial charge >= 0.3 is 0 Å². The third kappa shape index (κ3) is 7.54. The second kappa shape index (κ2) is 14.3. The molecule has 11 nitrogen and oxygen atoms in total. The molecule has 1 aliphatic carbocycles. The molecule has 1 aromatic heterocycles. The Morgan fingerprint density at radius 3 is 2.69 bits per heavy atom. The molecule has 1 fully saturated rings. The minimum atomic E-state index is -0.510. The fourth-order valence-electron chi connectivity index (χ4n) is 6.31. The smallest absolute Gasteiger partial charge is 0.276 e. The van der Waals surface area contributed by atoms with Crippen LogP contribution in [-0.4, -0.2) is 82.7 Å². The third-order valence-corrected chi connectivity index (χ3v) is 8.76. The van der Waals surface area contributed by atoms with Gasteiger partial charge in [0.25, 0.3) is 5.91 Å². The van der Waals surface area contributed by atoms with Crippen molar-refractivity contribution in [2.75, 3.05) is 32.8 Å². The first-order valence-electron chi connectivity index (χ1n) is 15.9. The molecule has 2 atom stereocenters. The number of likely N-dealkylation sites (tertiary alicyclic amines) is 1. The Balaban J connectivity index is 1.23. The standard InChI is InChI=1S/C34H40N4O7/c39-18-4-16-37-21-31(40)35-28-20-38(34(42)33-27-7-1-2-8-29(27)45-36-33)17-15-30(28)43-22-24-5-3-6-26(19-24)44-25-12-9-23(10-13-25)11-14-32(37)41/h3,5-6,9-10,12-13,19,28,30,39H,1-2,4,7-8,11,14-18,20-22H2,(H,35,40)/t28-,30-/m0/s1. The molecule has 238 valence electrons. The molecule has 3 aliphatic heterocycles. The first-order chi connectivity index (χ1) is 22.0. The molecule has 2 N–H and O–H groups in total. The average molecular weight is 617 g/mol. The third-order valence-electron chi connectivity index (χ3n) is 8.76. The van der Waals surface area contributed by atoms with Crippen LogP contribution in [0.5, 0.6) is 11.5 Å². The summed E-state index contributed by atoms with van der Waals surface area (Å²) in [7, 11) is 0. The zero-order chi connectivity index (χ0) is 31.2. The van der Waals surface area contributed by atoms with E-state index < -0.39 is 6.04 Å². The number of aromatic nitrogens is 1. The van der Waals surface area contributed by atoms with E-state index in [1.54, 1.807) is 4.90 Å². The van der Waals surface area contributed by atoms with E-state index in [0.717, 1.165) is 48.1 Å². The number of ether oxygens (including phenoxy) is 2. The van der Waals surface area contributed by atoms with Gasteiger partial charge in [0, 0.05) is 44.6 Å². The van der Waals surface area contributed by atoms with Crippen molar-refractivity contribution in [3.8, 4) is 11.5 Å². The Morgan fingerprint density at radius 2 is 1.84 bits per heavy atom. The fraction of sp³-hybridized carbons (Fsp3) is 0.471. The lowest BCUT2D eigenvalue weighted by atomic mass is 9.95. The highest BCUT2D eigenvalue weighted by molar-refractivity contribution is 5.94. The van der Waals surface area contributed by atoms with E-state index in [1.807, 2.05) is 48.5 Å². The molecular formula is C34H40N4O7. The van der Waals surface area contributed by atoms with E-state index in [0.29, 0.717) is 49.6 Å². The second-order valence-corrected chi connectivity index (χ2v) is 12.0. The van der Waals surface area contributed by atoms with E-state index in [4.69, 9.17) is 14.0 Å². The van der Waals surface area contributed by atoms with Gasteiger partial charge in [-0.1, -0.05) is 29.4 Å². The topological polar surface area (TPSA) is 134 Å². The molecule has 4 aliphatic rings. The minimum absolute atomic E-state index is 0.0883. The second-order valence-electron chi connectivity index (χ2n) is 12.0. The summed E-state index contributed by atoms with van der Waals surface area (Å²) < 4.78 is 18.0. The van der Waals surface area contributed by atoms with Gasteiger partial charge < -0.3 is 34.2 Å². The number of carbonyl (C=O) groups excluding carboxylic acids is 3. The number of hydrogen-bond acceptors (Lipinski definition) is 8. The number of fused-ring (bicyclic) bond motifs is 10. The largest absolute Gasteiger partial charge is 0.457 e. The maximum absolute atomic E-state index is 13.6. The van der Waals surface area contributed by atoms with E-state index in [-0.39, 0.29) is 56.5 Å². The molecule has 0 spiro atoms. The molecule has 11 heteroatoms. The van der Waals surface area contributed by atoms with Crippen molar-refractivity contribution in [2.24, 2.45) is 0 Å². The molecule has 2 aromatic carbocycles. The summed E-state index contributed by atoms with van der Waals surface area (Å²) in [5.41, 5.74) is 3.15. The Kier molecular flexibility index (Phi) is 9.75. The molecule has 0 unspecified atom stereocenters. The molecule has 4 heterocycles. The molecule has 3 amide bonds. The zero-order valence-corrected chi connectivity index (χ0v) is 25.4. The molecule has 4 bridgehead atoms. The van der Waals surface area contributed by atoms with Crippen LogP contribution in [0.1, 0.15) is 65.0 Å². The molecule has 1 saturated heterocycles. The summed E-state index contributed by atoms with van der Waals surface area (Å²) in [5, 5.41) is 16.6. The number of benzene rings is 2. The van der Waals surface area contributed by atoms with Crippen molar-refractivity contribution in [2.45, 2.75) is 70.1 Å². The molecule has 0 saturated carbocycles. The van der Waals surface area contributed by atoms with Gasteiger partial charge in [-0.25, -0.2) is 0 Å². The van der Waals surface area contributed by atoms with Crippen LogP contribution in [0.25, 0.3) is 0 Å². The van der Waals surface area contributed by atoms with Gasteiger partial charge in [-0.15, -0.1) is 0 Å². The first kappa shape index (κ1) is 30.8. The highest BCUT2D eigenvalue weighted by Gasteiger charge is 2.36. The predicted molar refractivity (Wildman–Crippen MR) is 164 cm³/mol. The molecular weight excluding hydrogens is 576 g/mol. The monoisotopic (exact) mass is 616 g/mol. The SMILES string of the molecule is O=C1CN(CCCO)C(=O)CCc2ccc(cc2)Oc2cccc(c2)CO[C@H]2CCN(C(=O)c3noc4c3CCCC4)C[C@@H]2N1. The summed E-state index contributed by atoms with van der Waals surface area (Å²) in [5.74, 6) is 1.44. The summed E-state index contributed by atoms with van der Waals surface area (Å²) in [6.45, 7) is 0.989. The Bertz CT molecular complexity index is 1500.